The minimum atomic E-state index is -0.530. The number of piperazine rings is 1. The number of carbonyl (C=O) groups is 2. The van der Waals surface area contributed by atoms with Gasteiger partial charge in [0.15, 0.2) is 0 Å². The van der Waals surface area contributed by atoms with Crippen molar-refractivity contribution in [3.63, 3.8) is 0 Å². The molecule has 2 aromatic rings. The second kappa shape index (κ2) is 7.91. The van der Waals surface area contributed by atoms with E-state index in [1.54, 1.807) is 0 Å². The zero-order chi connectivity index (χ0) is 18.7. The zero-order valence-corrected chi connectivity index (χ0v) is 15.8. The average molecular weight is 356 g/mol. The van der Waals surface area contributed by atoms with Crippen molar-refractivity contribution < 1.29 is 9.59 Å². The highest BCUT2D eigenvalue weighted by molar-refractivity contribution is 5.89. The van der Waals surface area contributed by atoms with Crippen LogP contribution in [-0.4, -0.2) is 64.9 Å². The number of rotatable bonds is 5. The Bertz CT molecular complexity index is 775. The number of H-pyrrole nitrogens is 1. The van der Waals surface area contributed by atoms with E-state index in [2.05, 4.69) is 29.0 Å². The van der Waals surface area contributed by atoms with Gasteiger partial charge in [-0.05, 0) is 25.5 Å². The highest BCUT2D eigenvalue weighted by Crippen LogP contribution is 2.20. The summed E-state index contributed by atoms with van der Waals surface area (Å²) in [6.07, 6.45) is 2.43. The topological polar surface area (TPSA) is 68.4 Å². The molecule has 0 spiro atoms. The van der Waals surface area contributed by atoms with Crippen molar-refractivity contribution in [1.82, 2.24) is 20.1 Å². The van der Waals surface area contributed by atoms with Gasteiger partial charge in [0.2, 0.25) is 11.8 Å². The minimum absolute atomic E-state index is 0.00823. The molecule has 0 bridgehead atoms. The van der Waals surface area contributed by atoms with Crippen molar-refractivity contribution in [3.05, 3.63) is 36.0 Å². The molecular weight excluding hydrogens is 328 g/mol. The molecule has 6 heteroatoms. The molecule has 0 saturated carbocycles. The summed E-state index contributed by atoms with van der Waals surface area (Å²) in [6, 6.07) is 7.98. The third-order valence-corrected chi connectivity index (χ3v) is 5.13. The predicted octanol–water partition coefficient (Wildman–Crippen LogP) is 1.77. The number of carbonyl (C=O) groups excluding carboxylic acids is 2. The molecule has 1 aromatic carbocycles. The van der Waals surface area contributed by atoms with Gasteiger partial charge in [0.25, 0.3) is 0 Å². The van der Waals surface area contributed by atoms with E-state index in [0.29, 0.717) is 25.6 Å². The van der Waals surface area contributed by atoms with E-state index in [4.69, 9.17) is 0 Å². The van der Waals surface area contributed by atoms with E-state index in [-0.39, 0.29) is 11.8 Å². The summed E-state index contributed by atoms with van der Waals surface area (Å²) in [4.78, 5) is 32.2. The summed E-state index contributed by atoms with van der Waals surface area (Å²) in [5, 5.41) is 3.95. The monoisotopic (exact) mass is 356 g/mol. The quantitative estimate of drug-likeness (QED) is 0.858. The number of aromatic amines is 1. The van der Waals surface area contributed by atoms with Crippen molar-refractivity contribution in [3.8, 4) is 0 Å². The maximum atomic E-state index is 13.1. The van der Waals surface area contributed by atoms with Crippen molar-refractivity contribution in [2.45, 2.75) is 39.3 Å². The van der Waals surface area contributed by atoms with Crippen LogP contribution in [-0.2, 0) is 16.0 Å². The van der Waals surface area contributed by atoms with Gasteiger partial charge >= 0.3 is 0 Å². The molecule has 1 fully saturated rings. The molecule has 6 nitrogen and oxygen atoms in total. The van der Waals surface area contributed by atoms with E-state index >= 15 is 0 Å². The van der Waals surface area contributed by atoms with Crippen molar-refractivity contribution in [2.24, 2.45) is 0 Å². The van der Waals surface area contributed by atoms with Gasteiger partial charge in [-0.1, -0.05) is 18.2 Å². The van der Waals surface area contributed by atoms with Crippen LogP contribution in [0.15, 0.2) is 30.5 Å². The molecule has 1 aliphatic heterocycles. The summed E-state index contributed by atoms with van der Waals surface area (Å²) >= 11 is 0. The number of aromatic nitrogens is 1. The van der Waals surface area contributed by atoms with E-state index in [1.807, 2.05) is 35.4 Å². The SMILES string of the molecule is CC(=O)NC(Cc1c[nH]c2ccccc12)C(=O)N1CCN(C(C)C)CC1. The number of amides is 2. The molecule has 0 aliphatic carbocycles. The van der Waals surface area contributed by atoms with Gasteiger partial charge in [0, 0.05) is 62.7 Å². The molecule has 140 valence electrons. The third kappa shape index (κ3) is 4.07. The summed E-state index contributed by atoms with van der Waals surface area (Å²) in [6.45, 7) is 8.99. The molecule has 1 aromatic heterocycles. The first-order valence-electron chi connectivity index (χ1n) is 9.30. The Hall–Kier alpha value is -2.34. The molecule has 2 heterocycles. The maximum Gasteiger partial charge on any atom is 0.245 e. The number of benzene rings is 1. The Morgan fingerprint density at radius 2 is 1.85 bits per heavy atom. The fraction of sp³-hybridized carbons (Fsp3) is 0.500. The highest BCUT2D eigenvalue weighted by atomic mass is 16.2. The number of nitrogens with one attached hydrogen (secondary N) is 2. The van der Waals surface area contributed by atoms with Gasteiger partial charge < -0.3 is 15.2 Å². The first-order valence-corrected chi connectivity index (χ1v) is 9.30. The summed E-state index contributed by atoms with van der Waals surface area (Å²) in [7, 11) is 0. The summed E-state index contributed by atoms with van der Waals surface area (Å²) in [5.74, 6) is -0.169. The summed E-state index contributed by atoms with van der Waals surface area (Å²) < 4.78 is 0. The van der Waals surface area contributed by atoms with Gasteiger partial charge in [-0.25, -0.2) is 0 Å². The van der Waals surface area contributed by atoms with Gasteiger partial charge in [0.05, 0.1) is 0 Å². The van der Waals surface area contributed by atoms with E-state index < -0.39 is 6.04 Å². The number of fused-ring (bicyclic) bond motifs is 1. The van der Waals surface area contributed by atoms with Crippen molar-refractivity contribution in [2.75, 3.05) is 26.2 Å². The minimum Gasteiger partial charge on any atom is -0.361 e. The second-order valence-corrected chi connectivity index (χ2v) is 7.27. The smallest absolute Gasteiger partial charge is 0.245 e. The standard InChI is InChI=1S/C20H28N4O2/c1-14(2)23-8-10-24(11-9-23)20(26)19(22-15(3)25)12-16-13-21-18-7-5-4-6-17(16)18/h4-7,13-14,19,21H,8-12H2,1-3H3,(H,22,25). The van der Waals surface area contributed by atoms with Gasteiger partial charge in [-0.2, -0.15) is 0 Å². The molecular formula is C20H28N4O2. The Labute approximate surface area is 154 Å². The fourth-order valence-electron chi connectivity index (χ4n) is 3.64. The average Bonchev–Trinajstić information content (AvgIpc) is 3.03. The Morgan fingerprint density at radius 1 is 1.15 bits per heavy atom. The number of hydrogen-bond acceptors (Lipinski definition) is 3. The summed E-state index contributed by atoms with van der Waals surface area (Å²) in [5.41, 5.74) is 2.09. The maximum absolute atomic E-state index is 13.1. The highest BCUT2D eigenvalue weighted by Gasteiger charge is 2.29. The third-order valence-electron chi connectivity index (χ3n) is 5.13. The van der Waals surface area contributed by atoms with Gasteiger partial charge in [-0.3, -0.25) is 14.5 Å². The number of hydrogen-bond donors (Lipinski definition) is 2. The molecule has 1 saturated heterocycles. The van der Waals surface area contributed by atoms with Crippen LogP contribution in [0.25, 0.3) is 10.9 Å². The molecule has 1 unspecified atom stereocenters. The second-order valence-electron chi connectivity index (χ2n) is 7.27. The molecule has 0 radical (unpaired) electrons. The molecule has 26 heavy (non-hydrogen) atoms. The van der Waals surface area contributed by atoms with Crippen molar-refractivity contribution >= 4 is 22.7 Å². The molecule has 1 aliphatic rings. The lowest BCUT2D eigenvalue weighted by Crippen LogP contribution is -2.56. The molecule has 1 atom stereocenters. The van der Waals surface area contributed by atoms with E-state index in [9.17, 15) is 9.59 Å². The zero-order valence-electron chi connectivity index (χ0n) is 15.8. The van der Waals surface area contributed by atoms with Crippen molar-refractivity contribution in [1.29, 1.82) is 0 Å². The van der Waals surface area contributed by atoms with Crippen LogP contribution in [0.5, 0.6) is 0 Å². The van der Waals surface area contributed by atoms with Crippen LogP contribution in [0, 0.1) is 0 Å². The molecule has 3 rings (SSSR count). The Balaban J connectivity index is 1.73. The normalized spacial score (nSPS) is 16.8. The predicted molar refractivity (Wildman–Crippen MR) is 103 cm³/mol. The lowest BCUT2D eigenvalue weighted by atomic mass is 10.0. The van der Waals surface area contributed by atoms with Crippen LogP contribution in [0.4, 0.5) is 0 Å². The van der Waals surface area contributed by atoms with E-state index in [0.717, 1.165) is 29.6 Å². The first-order chi connectivity index (χ1) is 12.5. The first kappa shape index (κ1) is 18.5. The number of para-hydroxylation sites is 1. The van der Waals surface area contributed by atoms with Crippen LogP contribution >= 0.6 is 0 Å². The number of nitrogens with zero attached hydrogens (tertiary/aromatic N) is 2. The lowest BCUT2D eigenvalue weighted by molar-refractivity contribution is -0.137. The fourth-order valence-corrected chi connectivity index (χ4v) is 3.64. The lowest BCUT2D eigenvalue weighted by Gasteiger charge is -2.38. The van der Waals surface area contributed by atoms with Crippen LogP contribution in [0.3, 0.4) is 0 Å². The Kier molecular flexibility index (Phi) is 5.61. The molecule has 2 N–H and O–H groups in total. The van der Waals surface area contributed by atoms with Crippen LogP contribution < -0.4 is 5.32 Å². The molecule has 2 amide bonds. The van der Waals surface area contributed by atoms with Gasteiger partial charge in [-0.15, -0.1) is 0 Å². The van der Waals surface area contributed by atoms with Crippen LogP contribution in [0.1, 0.15) is 26.3 Å². The van der Waals surface area contributed by atoms with Crippen LogP contribution in [0.2, 0.25) is 0 Å². The Morgan fingerprint density at radius 3 is 2.50 bits per heavy atom. The van der Waals surface area contributed by atoms with Gasteiger partial charge in [0.1, 0.15) is 6.04 Å². The van der Waals surface area contributed by atoms with E-state index in [1.165, 1.54) is 6.92 Å². The largest absolute Gasteiger partial charge is 0.361 e.